The number of amides is 2. The van der Waals surface area contributed by atoms with E-state index >= 15 is 0 Å². The number of hydrogen-bond donors (Lipinski definition) is 3. The van der Waals surface area contributed by atoms with Gasteiger partial charge in [0.1, 0.15) is 5.82 Å². The Labute approximate surface area is 140 Å². The number of aromatic nitrogens is 5. The lowest BCUT2D eigenvalue weighted by molar-refractivity contribution is 0.262. The van der Waals surface area contributed by atoms with Crippen molar-refractivity contribution in [3.05, 3.63) is 17.6 Å². The molecule has 1 saturated carbocycles. The topological polar surface area (TPSA) is 101 Å². The molecule has 0 unspecified atom stereocenters. The Balaban J connectivity index is 1.35. The lowest BCUT2D eigenvalue weighted by atomic mass is 9.87. The Morgan fingerprint density at radius 3 is 2.88 bits per heavy atom. The average Bonchev–Trinajstić information content (AvgIpc) is 3.21. The third-order valence-electron chi connectivity index (χ3n) is 4.88. The van der Waals surface area contributed by atoms with Crippen LogP contribution in [0, 0.1) is 0 Å². The van der Waals surface area contributed by atoms with Gasteiger partial charge in [0, 0.05) is 30.6 Å². The zero-order valence-electron chi connectivity index (χ0n) is 13.7. The van der Waals surface area contributed by atoms with E-state index in [1.165, 1.54) is 32.1 Å². The van der Waals surface area contributed by atoms with Crippen LogP contribution >= 0.6 is 0 Å². The molecule has 1 fully saturated rings. The maximum atomic E-state index is 12.1. The van der Waals surface area contributed by atoms with E-state index in [4.69, 9.17) is 0 Å². The molecule has 0 bridgehead atoms. The van der Waals surface area contributed by atoms with Crippen molar-refractivity contribution in [2.75, 3.05) is 10.6 Å². The number of nitrogens with zero attached hydrogens (tertiary/aromatic N) is 4. The molecule has 24 heavy (non-hydrogen) atoms. The van der Waals surface area contributed by atoms with Gasteiger partial charge in [0.05, 0.1) is 0 Å². The standard InChI is InChI=1S/C16H23N7O/c24-16(19-15-18-14-8-4-5-9-23(14)22-15)17-13-10-12(20-21-13)11-6-2-1-3-7-11/h10-11H,1-9H2,(H3,17,19,20,21,22,24). The molecule has 1 aliphatic carbocycles. The number of carbonyl (C=O) groups excluding carboxylic acids is 1. The number of carbonyl (C=O) groups is 1. The van der Waals surface area contributed by atoms with Crippen molar-refractivity contribution < 1.29 is 4.79 Å². The SMILES string of the molecule is O=C(Nc1cc(C2CCCCC2)[nH]n1)Nc1nc2n(n1)CCCC2. The monoisotopic (exact) mass is 329 g/mol. The largest absolute Gasteiger partial charge is 0.327 e. The van der Waals surface area contributed by atoms with Gasteiger partial charge in [-0.1, -0.05) is 19.3 Å². The summed E-state index contributed by atoms with van der Waals surface area (Å²) in [6.45, 7) is 0.871. The normalized spacial score (nSPS) is 18.2. The average molecular weight is 329 g/mol. The molecule has 0 spiro atoms. The number of rotatable bonds is 3. The van der Waals surface area contributed by atoms with Crippen LogP contribution in [0.2, 0.25) is 0 Å². The maximum Gasteiger partial charge on any atom is 0.327 e. The summed E-state index contributed by atoms with van der Waals surface area (Å²) in [7, 11) is 0. The first-order valence-corrected chi connectivity index (χ1v) is 8.85. The zero-order chi connectivity index (χ0) is 16.4. The van der Waals surface area contributed by atoms with Gasteiger partial charge in [-0.05, 0) is 25.7 Å². The number of urea groups is 1. The van der Waals surface area contributed by atoms with Crippen LogP contribution in [-0.2, 0) is 13.0 Å². The number of nitrogens with one attached hydrogen (secondary N) is 3. The minimum atomic E-state index is -0.361. The summed E-state index contributed by atoms with van der Waals surface area (Å²) in [5.74, 6) is 2.37. The van der Waals surface area contributed by atoms with Gasteiger partial charge in [-0.25, -0.2) is 9.48 Å². The molecule has 0 atom stereocenters. The van der Waals surface area contributed by atoms with Crippen molar-refractivity contribution >= 4 is 17.8 Å². The lowest BCUT2D eigenvalue weighted by Crippen LogP contribution is -2.20. The van der Waals surface area contributed by atoms with Crippen LogP contribution in [0.3, 0.4) is 0 Å². The lowest BCUT2D eigenvalue weighted by Gasteiger charge is -2.19. The smallest absolute Gasteiger partial charge is 0.291 e. The van der Waals surface area contributed by atoms with Gasteiger partial charge in [-0.2, -0.15) is 10.1 Å². The van der Waals surface area contributed by atoms with Gasteiger partial charge in [0.15, 0.2) is 5.82 Å². The van der Waals surface area contributed by atoms with Gasteiger partial charge >= 0.3 is 6.03 Å². The first-order valence-electron chi connectivity index (χ1n) is 8.85. The molecule has 8 heteroatoms. The van der Waals surface area contributed by atoms with Crippen LogP contribution in [0.1, 0.15) is 62.4 Å². The molecule has 3 heterocycles. The Bertz CT molecular complexity index is 690. The van der Waals surface area contributed by atoms with E-state index in [9.17, 15) is 4.79 Å². The van der Waals surface area contributed by atoms with Crippen molar-refractivity contribution in [2.24, 2.45) is 0 Å². The van der Waals surface area contributed by atoms with Crippen LogP contribution in [0.25, 0.3) is 0 Å². The molecule has 0 aromatic carbocycles. The van der Waals surface area contributed by atoms with Crippen molar-refractivity contribution in [2.45, 2.75) is 63.8 Å². The zero-order valence-corrected chi connectivity index (χ0v) is 13.7. The summed E-state index contributed by atoms with van der Waals surface area (Å²) in [5, 5.41) is 17.0. The molecule has 4 rings (SSSR count). The highest BCUT2D eigenvalue weighted by Gasteiger charge is 2.19. The van der Waals surface area contributed by atoms with Gasteiger partial charge in [0.25, 0.3) is 0 Å². The highest BCUT2D eigenvalue weighted by atomic mass is 16.2. The predicted molar refractivity (Wildman–Crippen MR) is 90.0 cm³/mol. The van der Waals surface area contributed by atoms with Gasteiger partial charge < -0.3 is 0 Å². The van der Waals surface area contributed by atoms with E-state index in [-0.39, 0.29) is 6.03 Å². The predicted octanol–water partition coefficient (Wildman–Crippen LogP) is 3.03. The van der Waals surface area contributed by atoms with Crippen LogP contribution in [0.5, 0.6) is 0 Å². The summed E-state index contributed by atoms with van der Waals surface area (Å²) >= 11 is 0. The number of hydrogen-bond acceptors (Lipinski definition) is 4. The highest BCUT2D eigenvalue weighted by Crippen LogP contribution is 2.32. The quantitative estimate of drug-likeness (QED) is 0.805. The molecule has 2 aromatic heterocycles. The van der Waals surface area contributed by atoms with Gasteiger partial charge in [0.2, 0.25) is 5.95 Å². The summed E-state index contributed by atoms with van der Waals surface area (Å²) in [6, 6.07) is 1.57. The summed E-state index contributed by atoms with van der Waals surface area (Å²) < 4.78 is 1.87. The van der Waals surface area contributed by atoms with Crippen LogP contribution in [0.15, 0.2) is 6.07 Å². The molecule has 128 valence electrons. The van der Waals surface area contributed by atoms with Crippen molar-refractivity contribution in [1.82, 2.24) is 25.0 Å². The Morgan fingerprint density at radius 2 is 2.04 bits per heavy atom. The summed E-state index contributed by atoms with van der Waals surface area (Å²) in [5.41, 5.74) is 1.11. The molecule has 8 nitrogen and oxygen atoms in total. The minimum absolute atomic E-state index is 0.354. The molecule has 2 amide bonds. The first kappa shape index (κ1) is 15.2. The fourth-order valence-corrected chi connectivity index (χ4v) is 3.61. The second kappa shape index (κ2) is 6.62. The van der Waals surface area contributed by atoms with E-state index in [1.807, 2.05) is 10.7 Å². The number of fused-ring (bicyclic) bond motifs is 1. The van der Waals surface area contributed by atoms with Crippen LogP contribution in [0.4, 0.5) is 16.6 Å². The van der Waals surface area contributed by atoms with E-state index in [0.29, 0.717) is 17.7 Å². The Hall–Kier alpha value is -2.38. The molecule has 2 aliphatic rings. The molecule has 0 saturated heterocycles. The summed E-state index contributed by atoms with van der Waals surface area (Å²) in [4.78, 5) is 16.5. The number of aromatic amines is 1. The molecule has 1 aliphatic heterocycles. The van der Waals surface area contributed by atoms with Crippen molar-refractivity contribution in [3.8, 4) is 0 Å². The number of H-pyrrole nitrogens is 1. The third kappa shape index (κ3) is 3.27. The van der Waals surface area contributed by atoms with E-state index in [2.05, 4.69) is 30.9 Å². The minimum Gasteiger partial charge on any atom is -0.291 e. The van der Waals surface area contributed by atoms with E-state index in [0.717, 1.165) is 37.3 Å². The maximum absolute atomic E-state index is 12.1. The van der Waals surface area contributed by atoms with E-state index in [1.54, 1.807) is 0 Å². The van der Waals surface area contributed by atoms with Crippen molar-refractivity contribution in [1.29, 1.82) is 0 Å². The fourth-order valence-electron chi connectivity index (χ4n) is 3.61. The molecular weight excluding hydrogens is 306 g/mol. The second-order valence-electron chi connectivity index (χ2n) is 6.65. The van der Waals surface area contributed by atoms with Crippen molar-refractivity contribution in [3.63, 3.8) is 0 Å². The van der Waals surface area contributed by atoms with Crippen LogP contribution in [-0.4, -0.2) is 31.0 Å². The molecule has 0 radical (unpaired) electrons. The number of anilines is 2. The second-order valence-corrected chi connectivity index (χ2v) is 6.65. The first-order chi connectivity index (χ1) is 11.8. The fraction of sp³-hybridized carbons (Fsp3) is 0.625. The Kier molecular flexibility index (Phi) is 4.18. The van der Waals surface area contributed by atoms with Gasteiger partial charge in [-0.15, -0.1) is 5.10 Å². The number of aryl methyl sites for hydroxylation is 2. The Morgan fingerprint density at radius 1 is 1.17 bits per heavy atom. The molecule has 2 aromatic rings. The highest BCUT2D eigenvalue weighted by molar-refractivity contribution is 5.97. The van der Waals surface area contributed by atoms with Crippen LogP contribution < -0.4 is 10.6 Å². The summed E-state index contributed by atoms with van der Waals surface area (Å²) in [6.07, 6.45) is 9.39. The van der Waals surface area contributed by atoms with E-state index < -0.39 is 0 Å². The molecular formula is C16H23N7O. The molecule has 3 N–H and O–H groups in total. The third-order valence-corrected chi connectivity index (χ3v) is 4.88. The van der Waals surface area contributed by atoms with Gasteiger partial charge in [-0.3, -0.25) is 15.7 Å².